The maximum Gasteiger partial charge on any atom is 0.244 e. The van der Waals surface area contributed by atoms with Crippen LogP contribution in [0.25, 0.3) is 0 Å². The first-order valence-corrected chi connectivity index (χ1v) is 15.1. The number of sulfonamides is 1. The van der Waals surface area contributed by atoms with Crippen LogP contribution in [0.3, 0.4) is 0 Å². The van der Waals surface area contributed by atoms with E-state index in [0.29, 0.717) is 12.1 Å². The van der Waals surface area contributed by atoms with E-state index in [2.05, 4.69) is 5.32 Å². The molecule has 0 unspecified atom stereocenters. The smallest absolute Gasteiger partial charge is 0.244 e. The zero-order valence-corrected chi connectivity index (χ0v) is 24.2. The summed E-state index contributed by atoms with van der Waals surface area (Å²) in [7, 11) is -3.80. The van der Waals surface area contributed by atoms with E-state index in [0.717, 1.165) is 39.2 Å². The lowest BCUT2D eigenvalue weighted by atomic mass is 10.0. The Balaban J connectivity index is 2.05. The molecule has 0 saturated heterocycles. The molecule has 0 heterocycles. The molecule has 39 heavy (non-hydrogen) atoms. The van der Waals surface area contributed by atoms with Crippen molar-refractivity contribution in [2.24, 2.45) is 0 Å². The number of carbonyl (C=O) groups excluding carboxylic acids is 2. The summed E-state index contributed by atoms with van der Waals surface area (Å²) in [5, 5.41) is 3.04. The number of rotatable bonds is 12. The molecule has 0 spiro atoms. The molecular weight excluding hydrogens is 510 g/mol. The molecule has 2 amide bonds. The summed E-state index contributed by atoms with van der Waals surface area (Å²) in [5.74, 6) is -0.724. The van der Waals surface area contributed by atoms with Crippen molar-refractivity contribution in [2.45, 2.75) is 59.2 Å². The van der Waals surface area contributed by atoms with Crippen LogP contribution in [0.5, 0.6) is 0 Å². The maximum absolute atomic E-state index is 14.1. The maximum atomic E-state index is 14.1. The van der Waals surface area contributed by atoms with Crippen LogP contribution in [-0.4, -0.2) is 50.0 Å². The fraction of sp³-hybridized carbons (Fsp3) is 0.355. The molecule has 1 N–H and O–H groups in total. The number of aryl methyl sites for hydroxylation is 2. The molecule has 0 fully saturated rings. The number of carbonyl (C=O) groups is 2. The average molecular weight is 550 g/mol. The molecular formula is C31H39N3O4S. The predicted octanol–water partition coefficient (Wildman–Crippen LogP) is 4.62. The fourth-order valence-corrected chi connectivity index (χ4v) is 5.32. The van der Waals surface area contributed by atoms with Crippen LogP contribution in [0.1, 0.15) is 42.5 Å². The SMILES string of the molecule is CC[C@@H](C)NC(=O)[C@@H](Cc1ccccc1)N(Cc1ccccc1)C(=O)CN(c1cc(C)cc(C)c1)S(C)(=O)=O. The monoisotopic (exact) mass is 549 g/mol. The molecule has 7 nitrogen and oxygen atoms in total. The van der Waals surface area contributed by atoms with Gasteiger partial charge >= 0.3 is 0 Å². The number of amides is 2. The minimum Gasteiger partial charge on any atom is -0.352 e. The highest BCUT2D eigenvalue weighted by molar-refractivity contribution is 7.92. The quantitative estimate of drug-likeness (QED) is 0.357. The molecule has 0 aliphatic carbocycles. The average Bonchev–Trinajstić information content (AvgIpc) is 2.88. The molecule has 3 aromatic carbocycles. The van der Waals surface area contributed by atoms with Gasteiger partial charge in [-0.1, -0.05) is 73.7 Å². The van der Waals surface area contributed by atoms with E-state index in [1.165, 1.54) is 4.90 Å². The van der Waals surface area contributed by atoms with Crippen molar-refractivity contribution >= 4 is 27.5 Å². The highest BCUT2D eigenvalue weighted by Crippen LogP contribution is 2.23. The highest BCUT2D eigenvalue weighted by atomic mass is 32.2. The number of anilines is 1. The van der Waals surface area contributed by atoms with Crippen molar-refractivity contribution in [1.29, 1.82) is 0 Å². The Bertz CT molecular complexity index is 1340. The van der Waals surface area contributed by atoms with Gasteiger partial charge in [-0.2, -0.15) is 0 Å². The second kappa shape index (κ2) is 13.4. The van der Waals surface area contributed by atoms with Crippen LogP contribution < -0.4 is 9.62 Å². The summed E-state index contributed by atoms with van der Waals surface area (Å²) in [6.45, 7) is 7.42. The van der Waals surface area contributed by atoms with Crippen LogP contribution in [0.2, 0.25) is 0 Å². The van der Waals surface area contributed by atoms with Gasteiger partial charge in [-0.05, 0) is 61.6 Å². The summed E-state index contributed by atoms with van der Waals surface area (Å²) >= 11 is 0. The van der Waals surface area contributed by atoms with E-state index in [-0.39, 0.29) is 18.5 Å². The number of nitrogens with one attached hydrogen (secondary N) is 1. The van der Waals surface area contributed by atoms with Crippen molar-refractivity contribution in [1.82, 2.24) is 10.2 Å². The zero-order chi connectivity index (χ0) is 28.6. The first-order chi connectivity index (χ1) is 18.5. The van der Waals surface area contributed by atoms with Gasteiger partial charge in [0.05, 0.1) is 11.9 Å². The highest BCUT2D eigenvalue weighted by Gasteiger charge is 2.33. The lowest BCUT2D eigenvalue weighted by Gasteiger charge is -2.34. The molecule has 0 bridgehead atoms. The number of nitrogens with zero attached hydrogens (tertiary/aromatic N) is 2. The van der Waals surface area contributed by atoms with E-state index in [9.17, 15) is 18.0 Å². The standard InChI is InChI=1S/C31H39N3O4S/c1-6-25(4)32-31(36)29(20-26-13-9-7-10-14-26)33(21-27-15-11-8-12-16-27)30(35)22-34(39(5,37)38)28-18-23(2)17-24(3)19-28/h7-19,25,29H,6,20-22H2,1-5H3,(H,32,36)/t25-,29-/m1/s1. The van der Waals surface area contributed by atoms with Gasteiger partial charge in [0.25, 0.3) is 0 Å². The Morgan fingerprint density at radius 1 is 0.872 bits per heavy atom. The molecule has 0 aliphatic heterocycles. The lowest BCUT2D eigenvalue weighted by Crippen LogP contribution is -2.54. The molecule has 2 atom stereocenters. The Hall–Kier alpha value is -3.65. The molecule has 0 aliphatic rings. The van der Waals surface area contributed by atoms with E-state index >= 15 is 0 Å². The van der Waals surface area contributed by atoms with Gasteiger partial charge in [0, 0.05) is 19.0 Å². The van der Waals surface area contributed by atoms with E-state index < -0.39 is 28.5 Å². The summed E-state index contributed by atoms with van der Waals surface area (Å²) in [6.07, 6.45) is 2.13. The summed E-state index contributed by atoms with van der Waals surface area (Å²) < 4.78 is 27.0. The first kappa shape index (κ1) is 29.9. The minimum absolute atomic E-state index is 0.0766. The van der Waals surface area contributed by atoms with Gasteiger partial charge in [0.2, 0.25) is 21.8 Å². The van der Waals surface area contributed by atoms with Crippen LogP contribution in [-0.2, 0) is 32.6 Å². The predicted molar refractivity (Wildman–Crippen MR) is 157 cm³/mol. The molecule has 3 rings (SSSR count). The molecule has 0 aromatic heterocycles. The van der Waals surface area contributed by atoms with Crippen LogP contribution in [0.4, 0.5) is 5.69 Å². The van der Waals surface area contributed by atoms with Gasteiger partial charge in [-0.15, -0.1) is 0 Å². The Labute approximate surface area is 232 Å². The van der Waals surface area contributed by atoms with E-state index in [1.54, 1.807) is 12.1 Å². The zero-order valence-electron chi connectivity index (χ0n) is 23.4. The Morgan fingerprint density at radius 3 is 1.92 bits per heavy atom. The summed E-state index contributed by atoms with van der Waals surface area (Å²) in [6, 6.07) is 23.5. The van der Waals surface area contributed by atoms with Gasteiger partial charge in [-0.25, -0.2) is 8.42 Å². The largest absolute Gasteiger partial charge is 0.352 e. The number of benzene rings is 3. The third kappa shape index (κ3) is 8.68. The van der Waals surface area contributed by atoms with E-state index in [1.807, 2.05) is 94.4 Å². The molecule has 0 radical (unpaired) electrons. The minimum atomic E-state index is -3.80. The Kier molecular flexibility index (Phi) is 10.3. The molecule has 3 aromatic rings. The van der Waals surface area contributed by atoms with Gasteiger partial charge in [0.15, 0.2) is 0 Å². The Morgan fingerprint density at radius 2 is 1.41 bits per heavy atom. The fourth-order valence-electron chi connectivity index (χ4n) is 4.48. The van der Waals surface area contributed by atoms with Crippen molar-refractivity contribution in [2.75, 3.05) is 17.1 Å². The van der Waals surface area contributed by atoms with Crippen molar-refractivity contribution in [3.63, 3.8) is 0 Å². The normalized spacial score (nSPS) is 12.8. The molecule has 208 valence electrons. The second-order valence-electron chi connectivity index (χ2n) is 10.1. The van der Waals surface area contributed by atoms with Crippen molar-refractivity contribution < 1.29 is 18.0 Å². The summed E-state index contributed by atoms with van der Waals surface area (Å²) in [5.41, 5.74) is 3.95. The van der Waals surface area contributed by atoms with Crippen LogP contribution in [0, 0.1) is 13.8 Å². The third-order valence-corrected chi connectivity index (χ3v) is 7.78. The summed E-state index contributed by atoms with van der Waals surface area (Å²) in [4.78, 5) is 29.3. The third-order valence-electron chi connectivity index (χ3n) is 6.64. The first-order valence-electron chi connectivity index (χ1n) is 13.2. The van der Waals surface area contributed by atoms with E-state index in [4.69, 9.17) is 0 Å². The van der Waals surface area contributed by atoms with Gasteiger partial charge in [-0.3, -0.25) is 13.9 Å². The molecule has 0 saturated carbocycles. The van der Waals surface area contributed by atoms with Crippen molar-refractivity contribution in [3.05, 3.63) is 101 Å². The van der Waals surface area contributed by atoms with Gasteiger partial charge in [0.1, 0.15) is 12.6 Å². The van der Waals surface area contributed by atoms with Crippen molar-refractivity contribution in [3.8, 4) is 0 Å². The molecule has 8 heteroatoms. The number of hydrogen-bond donors (Lipinski definition) is 1. The van der Waals surface area contributed by atoms with Gasteiger partial charge < -0.3 is 10.2 Å². The van der Waals surface area contributed by atoms with Crippen LogP contribution in [0.15, 0.2) is 78.9 Å². The number of hydrogen-bond acceptors (Lipinski definition) is 4. The lowest BCUT2D eigenvalue weighted by molar-refractivity contribution is -0.140. The topological polar surface area (TPSA) is 86.8 Å². The van der Waals surface area contributed by atoms with Crippen LogP contribution >= 0.6 is 0 Å². The second-order valence-corrected chi connectivity index (χ2v) is 12.1.